The van der Waals surface area contributed by atoms with E-state index >= 15 is 0 Å². The Morgan fingerprint density at radius 3 is 2.45 bits per heavy atom. The van der Waals surface area contributed by atoms with Crippen LogP contribution in [-0.4, -0.2) is 60.2 Å². The van der Waals surface area contributed by atoms with Crippen LogP contribution in [0, 0.1) is 5.92 Å². The second-order valence-corrected chi connectivity index (χ2v) is 7.92. The molecular weight excluding hydrogens is 366 g/mol. The number of hydrogen-bond donors (Lipinski definition) is 1. The first-order valence-electron chi connectivity index (χ1n) is 10.5. The summed E-state index contributed by atoms with van der Waals surface area (Å²) < 4.78 is 0. The number of carbonyl (C=O) groups is 3. The molecule has 0 aliphatic carbocycles. The number of benzene rings is 2. The molecule has 2 aromatic carbocycles. The zero-order chi connectivity index (χ0) is 20.2. The Morgan fingerprint density at radius 1 is 0.897 bits per heavy atom. The number of nitrogens with one attached hydrogen (secondary N) is 1. The van der Waals surface area contributed by atoms with E-state index in [1.54, 1.807) is 9.80 Å². The Morgan fingerprint density at radius 2 is 1.62 bits per heavy atom. The molecule has 2 aliphatic rings. The molecule has 2 fully saturated rings. The van der Waals surface area contributed by atoms with Crippen molar-refractivity contribution < 1.29 is 14.4 Å². The summed E-state index contributed by atoms with van der Waals surface area (Å²) in [6, 6.07) is 13.6. The largest absolute Gasteiger partial charge is 0.347 e. The van der Waals surface area contributed by atoms with Crippen LogP contribution in [0.1, 0.15) is 36.0 Å². The summed E-state index contributed by atoms with van der Waals surface area (Å²) in [5.74, 6) is -0.454. The first-order valence-corrected chi connectivity index (χ1v) is 10.5. The molecule has 6 nitrogen and oxygen atoms in total. The lowest BCUT2D eigenvalue weighted by Gasteiger charge is -2.32. The van der Waals surface area contributed by atoms with E-state index in [9.17, 15) is 14.4 Å². The van der Waals surface area contributed by atoms with E-state index in [0.29, 0.717) is 18.7 Å². The van der Waals surface area contributed by atoms with Crippen LogP contribution in [0.5, 0.6) is 0 Å². The van der Waals surface area contributed by atoms with Gasteiger partial charge in [0, 0.05) is 31.7 Å². The van der Waals surface area contributed by atoms with E-state index < -0.39 is 0 Å². The number of rotatable bonds is 4. The monoisotopic (exact) mass is 393 g/mol. The smallest absolute Gasteiger partial charge is 0.254 e. The average molecular weight is 393 g/mol. The SMILES string of the molecule is O=C(NCC(=O)N1CCCC1)C1CCCN(C(=O)c2cccc3ccccc23)C1. The van der Waals surface area contributed by atoms with Crippen molar-refractivity contribution in [2.75, 3.05) is 32.7 Å². The van der Waals surface area contributed by atoms with Gasteiger partial charge in [-0.15, -0.1) is 0 Å². The van der Waals surface area contributed by atoms with Gasteiger partial charge < -0.3 is 15.1 Å². The quantitative estimate of drug-likeness (QED) is 0.867. The number of piperidine rings is 1. The highest BCUT2D eigenvalue weighted by atomic mass is 16.2. The van der Waals surface area contributed by atoms with Crippen molar-refractivity contribution in [2.24, 2.45) is 5.92 Å². The van der Waals surface area contributed by atoms with E-state index in [-0.39, 0.29) is 30.2 Å². The molecule has 29 heavy (non-hydrogen) atoms. The molecular formula is C23H27N3O3. The van der Waals surface area contributed by atoms with Gasteiger partial charge in [-0.05, 0) is 42.5 Å². The topological polar surface area (TPSA) is 69.7 Å². The van der Waals surface area contributed by atoms with Crippen LogP contribution in [0.2, 0.25) is 0 Å². The second kappa shape index (κ2) is 8.64. The van der Waals surface area contributed by atoms with Gasteiger partial charge in [-0.2, -0.15) is 0 Å². The first-order chi connectivity index (χ1) is 14.1. The van der Waals surface area contributed by atoms with Gasteiger partial charge in [0.1, 0.15) is 0 Å². The molecule has 0 spiro atoms. The first kappa shape index (κ1) is 19.4. The molecule has 2 aromatic rings. The fourth-order valence-electron chi connectivity index (χ4n) is 4.34. The van der Waals surface area contributed by atoms with Crippen molar-refractivity contribution in [2.45, 2.75) is 25.7 Å². The molecule has 4 rings (SSSR count). The van der Waals surface area contributed by atoms with Crippen LogP contribution in [0.15, 0.2) is 42.5 Å². The van der Waals surface area contributed by atoms with Gasteiger partial charge in [0.15, 0.2) is 0 Å². The van der Waals surface area contributed by atoms with Gasteiger partial charge in [0.2, 0.25) is 11.8 Å². The number of amides is 3. The van der Waals surface area contributed by atoms with Crippen LogP contribution < -0.4 is 5.32 Å². The fraction of sp³-hybridized carbons (Fsp3) is 0.435. The normalized spacial score (nSPS) is 19.4. The minimum atomic E-state index is -0.269. The second-order valence-electron chi connectivity index (χ2n) is 7.92. The summed E-state index contributed by atoms with van der Waals surface area (Å²) in [5.41, 5.74) is 0.674. The van der Waals surface area contributed by atoms with Crippen LogP contribution in [0.25, 0.3) is 10.8 Å². The van der Waals surface area contributed by atoms with Crippen LogP contribution in [0.3, 0.4) is 0 Å². The van der Waals surface area contributed by atoms with Gasteiger partial charge in [-0.25, -0.2) is 0 Å². The highest BCUT2D eigenvalue weighted by Crippen LogP contribution is 2.23. The van der Waals surface area contributed by atoms with Gasteiger partial charge in [0.05, 0.1) is 12.5 Å². The summed E-state index contributed by atoms with van der Waals surface area (Å²) in [6.45, 7) is 2.66. The third kappa shape index (κ3) is 4.26. The Hall–Kier alpha value is -2.89. The number of nitrogens with zero attached hydrogens (tertiary/aromatic N) is 2. The molecule has 0 saturated carbocycles. The van der Waals surface area contributed by atoms with Crippen LogP contribution >= 0.6 is 0 Å². The highest BCUT2D eigenvalue weighted by Gasteiger charge is 2.30. The summed E-state index contributed by atoms with van der Waals surface area (Å²) in [4.78, 5) is 41.5. The predicted molar refractivity (Wildman–Crippen MR) is 111 cm³/mol. The van der Waals surface area contributed by atoms with E-state index in [1.807, 2.05) is 42.5 Å². The van der Waals surface area contributed by atoms with Crippen molar-refractivity contribution in [1.29, 1.82) is 0 Å². The van der Waals surface area contributed by atoms with Gasteiger partial charge >= 0.3 is 0 Å². The maximum atomic E-state index is 13.2. The Balaban J connectivity index is 1.39. The Kier molecular flexibility index (Phi) is 5.79. The predicted octanol–water partition coefficient (Wildman–Crippen LogP) is 2.43. The Bertz CT molecular complexity index is 915. The summed E-state index contributed by atoms with van der Waals surface area (Å²) >= 11 is 0. The maximum Gasteiger partial charge on any atom is 0.254 e. The van der Waals surface area contributed by atoms with E-state index in [1.165, 1.54) is 0 Å². The maximum absolute atomic E-state index is 13.2. The zero-order valence-electron chi connectivity index (χ0n) is 16.6. The average Bonchev–Trinajstić information content (AvgIpc) is 3.31. The van der Waals surface area contributed by atoms with E-state index in [0.717, 1.165) is 49.5 Å². The Labute approximate surface area is 170 Å². The molecule has 2 aliphatic heterocycles. The fourth-order valence-corrected chi connectivity index (χ4v) is 4.34. The number of hydrogen-bond acceptors (Lipinski definition) is 3. The molecule has 0 radical (unpaired) electrons. The van der Waals surface area contributed by atoms with Crippen molar-refractivity contribution in [3.63, 3.8) is 0 Å². The number of likely N-dealkylation sites (tertiary alicyclic amines) is 2. The standard InChI is InChI=1S/C23H27N3O3/c27-21(25-12-3-4-13-25)15-24-22(28)18-9-6-14-26(16-18)23(29)20-11-5-8-17-7-1-2-10-19(17)20/h1-2,5,7-8,10-11,18H,3-4,6,9,12-16H2,(H,24,28). The molecule has 2 heterocycles. The molecule has 0 bridgehead atoms. The minimum absolute atomic E-state index is 0.0182. The molecule has 1 atom stereocenters. The number of fused-ring (bicyclic) bond motifs is 1. The third-order valence-electron chi connectivity index (χ3n) is 5.97. The van der Waals surface area contributed by atoms with Crippen molar-refractivity contribution in [1.82, 2.24) is 15.1 Å². The van der Waals surface area contributed by atoms with Crippen LogP contribution in [0.4, 0.5) is 0 Å². The third-order valence-corrected chi connectivity index (χ3v) is 5.97. The molecule has 6 heteroatoms. The molecule has 1 unspecified atom stereocenters. The van der Waals surface area contributed by atoms with Gasteiger partial charge in [-0.3, -0.25) is 14.4 Å². The van der Waals surface area contributed by atoms with Gasteiger partial charge in [0.25, 0.3) is 5.91 Å². The summed E-state index contributed by atoms with van der Waals surface area (Å²) in [5, 5.41) is 4.76. The molecule has 2 saturated heterocycles. The van der Waals surface area contributed by atoms with Crippen molar-refractivity contribution in [3.05, 3.63) is 48.0 Å². The summed E-state index contributed by atoms with van der Waals surface area (Å²) in [7, 11) is 0. The molecule has 3 amide bonds. The lowest BCUT2D eigenvalue weighted by molar-refractivity contribution is -0.133. The lowest BCUT2D eigenvalue weighted by Crippen LogP contribution is -2.47. The van der Waals surface area contributed by atoms with Gasteiger partial charge in [-0.1, -0.05) is 36.4 Å². The summed E-state index contributed by atoms with van der Waals surface area (Å²) in [6.07, 6.45) is 3.60. The molecule has 1 N–H and O–H groups in total. The van der Waals surface area contributed by atoms with Crippen molar-refractivity contribution >= 4 is 28.5 Å². The van der Waals surface area contributed by atoms with Crippen molar-refractivity contribution in [3.8, 4) is 0 Å². The minimum Gasteiger partial charge on any atom is -0.347 e. The molecule has 0 aromatic heterocycles. The highest BCUT2D eigenvalue weighted by molar-refractivity contribution is 6.07. The number of carbonyl (C=O) groups excluding carboxylic acids is 3. The van der Waals surface area contributed by atoms with E-state index in [2.05, 4.69) is 5.32 Å². The van der Waals surface area contributed by atoms with E-state index in [4.69, 9.17) is 0 Å². The molecule has 152 valence electrons. The zero-order valence-corrected chi connectivity index (χ0v) is 16.6. The van der Waals surface area contributed by atoms with Crippen LogP contribution in [-0.2, 0) is 9.59 Å². The lowest BCUT2D eigenvalue weighted by atomic mass is 9.95.